The monoisotopic (exact) mass is 312 g/mol. The van der Waals surface area contributed by atoms with Crippen molar-refractivity contribution in [2.45, 2.75) is 97.6 Å². The zero-order valence-corrected chi connectivity index (χ0v) is 15.8. The summed E-state index contributed by atoms with van der Waals surface area (Å²) in [6, 6.07) is 0. The molecule has 0 saturated carbocycles. The fourth-order valence-corrected chi connectivity index (χ4v) is 2.20. The minimum atomic E-state index is -0.563. The van der Waals surface area contributed by atoms with Gasteiger partial charge in [-0.2, -0.15) is 0 Å². The van der Waals surface area contributed by atoms with Crippen molar-refractivity contribution in [3.8, 4) is 11.8 Å². The number of rotatable bonds is 8. The first-order chi connectivity index (χ1) is 9.97. The largest absolute Gasteiger partial charge is 0.380 e. The summed E-state index contributed by atoms with van der Waals surface area (Å²) in [5.74, 6) is 6.19. The highest BCUT2D eigenvalue weighted by Gasteiger charge is 2.18. The molecule has 1 N–H and O–H groups in total. The van der Waals surface area contributed by atoms with Gasteiger partial charge < -0.3 is 14.6 Å². The van der Waals surface area contributed by atoms with Gasteiger partial charge in [-0.1, -0.05) is 25.2 Å². The lowest BCUT2D eigenvalue weighted by atomic mass is 9.93. The van der Waals surface area contributed by atoms with Gasteiger partial charge >= 0.3 is 0 Å². The van der Waals surface area contributed by atoms with E-state index in [9.17, 15) is 5.11 Å². The molecule has 0 heterocycles. The van der Waals surface area contributed by atoms with Crippen LogP contribution in [0.1, 0.15) is 74.1 Å². The summed E-state index contributed by atoms with van der Waals surface area (Å²) in [6.45, 7) is 14.4. The van der Waals surface area contributed by atoms with Gasteiger partial charge in [0, 0.05) is 13.5 Å². The quantitative estimate of drug-likeness (QED) is 0.683. The summed E-state index contributed by atoms with van der Waals surface area (Å²) in [5, 5.41) is 10.1. The van der Waals surface area contributed by atoms with Gasteiger partial charge in [0.2, 0.25) is 0 Å². The van der Waals surface area contributed by atoms with Crippen LogP contribution in [0.5, 0.6) is 0 Å². The third kappa shape index (κ3) is 11.1. The van der Waals surface area contributed by atoms with Crippen LogP contribution in [0.3, 0.4) is 0 Å². The predicted molar refractivity (Wildman–Crippen MR) is 92.8 cm³/mol. The highest BCUT2D eigenvalue weighted by atomic mass is 16.5. The number of aliphatic hydroxyl groups excluding tert-OH is 1. The number of ether oxygens (including phenoxy) is 2. The maximum absolute atomic E-state index is 10.1. The Labute approximate surface area is 137 Å². The molecule has 3 unspecified atom stereocenters. The summed E-state index contributed by atoms with van der Waals surface area (Å²) in [6.07, 6.45) is 3.15. The maximum Gasteiger partial charge on any atom is 0.117 e. The molecule has 0 bridgehead atoms. The zero-order chi connectivity index (χ0) is 17.4. The summed E-state index contributed by atoms with van der Waals surface area (Å²) in [5.41, 5.74) is -0.239. The minimum Gasteiger partial charge on any atom is -0.380 e. The van der Waals surface area contributed by atoms with Crippen LogP contribution in [-0.2, 0) is 9.47 Å². The van der Waals surface area contributed by atoms with Gasteiger partial charge in [-0.25, -0.2) is 0 Å². The van der Waals surface area contributed by atoms with E-state index in [0.717, 1.165) is 19.3 Å². The highest BCUT2D eigenvalue weighted by molar-refractivity contribution is 5.06. The van der Waals surface area contributed by atoms with Gasteiger partial charge in [0.15, 0.2) is 0 Å². The van der Waals surface area contributed by atoms with Crippen LogP contribution in [-0.4, -0.2) is 35.6 Å². The SMILES string of the molecule is COC(C)(C)CCCC(C)C(O)C#CCC(C)OC(C)(C)C. The van der Waals surface area contributed by atoms with Crippen LogP contribution in [0, 0.1) is 17.8 Å². The second kappa shape index (κ2) is 9.55. The average molecular weight is 312 g/mol. The zero-order valence-electron chi connectivity index (χ0n) is 15.8. The van der Waals surface area contributed by atoms with Crippen molar-refractivity contribution in [1.82, 2.24) is 0 Å². The molecule has 0 amide bonds. The molecule has 3 nitrogen and oxygen atoms in total. The Hall–Kier alpha value is -0.560. The van der Waals surface area contributed by atoms with Crippen LogP contribution in [0.25, 0.3) is 0 Å². The molecule has 0 aromatic carbocycles. The van der Waals surface area contributed by atoms with E-state index >= 15 is 0 Å². The molecule has 0 aromatic heterocycles. The van der Waals surface area contributed by atoms with Crippen LogP contribution in [0.2, 0.25) is 0 Å². The molecule has 22 heavy (non-hydrogen) atoms. The standard InChI is InChI=1S/C19H36O3/c1-15(11-10-14-19(6,7)21-8)17(20)13-9-12-16(2)22-18(3,4)5/h15-17,20H,10-12,14H2,1-8H3. The van der Waals surface area contributed by atoms with Crippen molar-refractivity contribution in [3.63, 3.8) is 0 Å². The van der Waals surface area contributed by atoms with Crippen LogP contribution in [0.4, 0.5) is 0 Å². The molecule has 3 atom stereocenters. The third-order valence-electron chi connectivity index (χ3n) is 3.72. The third-order valence-corrected chi connectivity index (χ3v) is 3.72. The number of hydrogen-bond donors (Lipinski definition) is 1. The van der Waals surface area contributed by atoms with Gasteiger partial charge in [-0.05, 0) is 60.3 Å². The topological polar surface area (TPSA) is 38.7 Å². The molecule has 0 aliphatic carbocycles. The smallest absolute Gasteiger partial charge is 0.117 e. The lowest BCUT2D eigenvalue weighted by Gasteiger charge is -2.24. The van der Waals surface area contributed by atoms with Crippen LogP contribution < -0.4 is 0 Å². The van der Waals surface area contributed by atoms with E-state index in [1.165, 1.54) is 0 Å². The van der Waals surface area contributed by atoms with Gasteiger partial charge in [0.25, 0.3) is 0 Å². The predicted octanol–water partition coefficient (Wildman–Crippen LogP) is 4.18. The van der Waals surface area contributed by atoms with Crippen molar-refractivity contribution < 1.29 is 14.6 Å². The molecule has 3 heteroatoms. The first kappa shape index (κ1) is 21.4. The molecule has 0 aliphatic rings. The molecule has 0 saturated heterocycles. The molecule has 130 valence electrons. The number of aliphatic hydroxyl groups is 1. The Morgan fingerprint density at radius 1 is 1.09 bits per heavy atom. The normalized spacial score (nSPS) is 16.6. The van der Waals surface area contributed by atoms with E-state index in [0.29, 0.717) is 6.42 Å². The molecular weight excluding hydrogens is 276 g/mol. The van der Waals surface area contributed by atoms with E-state index in [4.69, 9.17) is 9.47 Å². The first-order valence-corrected chi connectivity index (χ1v) is 8.36. The molecule has 0 fully saturated rings. The molecule has 0 aromatic rings. The lowest BCUT2D eigenvalue weighted by Crippen LogP contribution is -2.25. The van der Waals surface area contributed by atoms with E-state index in [1.807, 2.05) is 34.6 Å². The van der Waals surface area contributed by atoms with E-state index in [1.54, 1.807) is 7.11 Å². The average Bonchev–Trinajstić information content (AvgIpc) is 2.36. The van der Waals surface area contributed by atoms with Gasteiger partial charge in [-0.15, -0.1) is 0 Å². The van der Waals surface area contributed by atoms with Crippen LogP contribution >= 0.6 is 0 Å². The molecule has 0 radical (unpaired) electrons. The fraction of sp³-hybridized carbons (Fsp3) is 0.895. The van der Waals surface area contributed by atoms with Crippen molar-refractivity contribution in [2.24, 2.45) is 5.92 Å². The molecule has 0 aliphatic heterocycles. The summed E-state index contributed by atoms with van der Waals surface area (Å²) < 4.78 is 11.2. The maximum atomic E-state index is 10.1. The lowest BCUT2D eigenvalue weighted by molar-refractivity contribution is -0.0485. The Kier molecular flexibility index (Phi) is 9.31. The molecule has 0 rings (SSSR count). The van der Waals surface area contributed by atoms with Crippen molar-refractivity contribution in [2.75, 3.05) is 7.11 Å². The molecule has 0 spiro atoms. The summed E-state index contributed by atoms with van der Waals surface area (Å²) in [4.78, 5) is 0. The minimum absolute atomic E-state index is 0.0810. The first-order valence-electron chi connectivity index (χ1n) is 8.36. The number of hydrogen-bond acceptors (Lipinski definition) is 3. The Morgan fingerprint density at radius 2 is 1.68 bits per heavy atom. The van der Waals surface area contributed by atoms with Crippen molar-refractivity contribution in [1.29, 1.82) is 0 Å². The van der Waals surface area contributed by atoms with E-state index in [2.05, 4.69) is 25.7 Å². The highest BCUT2D eigenvalue weighted by Crippen LogP contribution is 2.20. The van der Waals surface area contributed by atoms with Crippen molar-refractivity contribution in [3.05, 3.63) is 0 Å². The number of methoxy groups -OCH3 is 1. The second-order valence-electron chi connectivity index (χ2n) is 7.84. The Morgan fingerprint density at radius 3 is 2.18 bits per heavy atom. The van der Waals surface area contributed by atoms with Gasteiger partial charge in [0.05, 0.1) is 17.3 Å². The molecular formula is C19H36O3. The van der Waals surface area contributed by atoms with Crippen molar-refractivity contribution >= 4 is 0 Å². The van der Waals surface area contributed by atoms with E-state index < -0.39 is 6.10 Å². The van der Waals surface area contributed by atoms with Gasteiger partial charge in [0.1, 0.15) is 6.10 Å². The Bertz CT molecular complexity index is 357. The van der Waals surface area contributed by atoms with Gasteiger partial charge in [-0.3, -0.25) is 0 Å². The second-order valence-corrected chi connectivity index (χ2v) is 7.84. The van der Waals surface area contributed by atoms with E-state index in [-0.39, 0.29) is 23.2 Å². The summed E-state index contributed by atoms with van der Waals surface area (Å²) in [7, 11) is 1.74. The fourth-order valence-electron chi connectivity index (χ4n) is 2.20. The van der Waals surface area contributed by atoms with Crippen LogP contribution in [0.15, 0.2) is 0 Å². The Balaban J connectivity index is 4.11. The summed E-state index contributed by atoms with van der Waals surface area (Å²) >= 11 is 0.